The summed E-state index contributed by atoms with van der Waals surface area (Å²) in [6, 6.07) is 1.28. The molecule has 0 bridgehead atoms. The van der Waals surface area contributed by atoms with Gasteiger partial charge < -0.3 is 5.73 Å². The molecular weight excluding hydrogens is 155 g/mol. The van der Waals surface area contributed by atoms with E-state index in [1.54, 1.807) is 6.92 Å². The van der Waals surface area contributed by atoms with Crippen molar-refractivity contribution >= 4 is 0 Å². The Hall–Kier alpha value is -1.40. The minimum Gasteiger partial charge on any atom is -0.318 e. The summed E-state index contributed by atoms with van der Waals surface area (Å²) in [6.07, 6.45) is 2.62. The average Bonchev–Trinajstić information content (AvgIpc) is 2.03. The molecule has 1 aromatic rings. The number of hydrogen-bond acceptors (Lipinski definition) is 2. The van der Waals surface area contributed by atoms with E-state index in [0.29, 0.717) is 5.56 Å². The lowest BCUT2D eigenvalue weighted by molar-refractivity contribution is 0.618. The Labute approximate surface area is 70.6 Å². The Bertz CT molecular complexity index is 323. The van der Waals surface area contributed by atoms with Gasteiger partial charge in [0.2, 0.25) is 0 Å². The van der Waals surface area contributed by atoms with E-state index in [2.05, 4.69) is 16.8 Å². The highest BCUT2D eigenvalue weighted by molar-refractivity contribution is 5.34. The third kappa shape index (κ3) is 2.33. The molecule has 0 spiro atoms. The third-order valence-electron chi connectivity index (χ3n) is 1.21. The van der Waals surface area contributed by atoms with Gasteiger partial charge in [0.15, 0.2) is 5.82 Å². The molecule has 0 aliphatic rings. The lowest BCUT2D eigenvalue weighted by Gasteiger charge is -1.92. The predicted octanol–water partition coefficient (Wildman–Crippen LogP) is 0.919. The molecule has 0 radical (unpaired) electrons. The lowest BCUT2D eigenvalue weighted by Crippen LogP contribution is -2.10. The van der Waals surface area contributed by atoms with Crippen molar-refractivity contribution in [2.75, 3.05) is 0 Å². The Balaban J connectivity index is 2.92. The summed E-state index contributed by atoms with van der Waals surface area (Å²) < 4.78 is 12.8. The molecule has 0 saturated heterocycles. The van der Waals surface area contributed by atoms with Gasteiger partial charge in [0.1, 0.15) is 0 Å². The fourth-order valence-electron chi connectivity index (χ4n) is 0.668. The second-order valence-electron chi connectivity index (χ2n) is 2.41. The molecule has 0 aliphatic heterocycles. The van der Waals surface area contributed by atoms with E-state index in [1.807, 2.05) is 0 Å². The molecule has 1 heterocycles. The molecule has 1 rings (SSSR count). The van der Waals surface area contributed by atoms with Crippen molar-refractivity contribution in [3.8, 4) is 11.8 Å². The zero-order valence-electron chi connectivity index (χ0n) is 6.71. The van der Waals surface area contributed by atoms with Crippen molar-refractivity contribution in [3.63, 3.8) is 0 Å². The molecule has 62 valence electrons. The van der Waals surface area contributed by atoms with Crippen molar-refractivity contribution in [2.24, 2.45) is 5.73 Å². The van der Waals surface area contributed by atoms with Gasteiger partial charge in [0.05, 0.1) is 17.8 Å². The first-order valence-corrected chi connectivity index (χ1v) is 3.57. The van der Waals surface area contributed by atoms with Gasteiger partial charge in [-0.25, -0.2) is 4.39 Å². The first-order valence-electron chi connectivity index (χ1n) is 3.57. The maximum atomic E-state index is 12.8. The Morgan fingerprint density at radius 1 is 1.67 bits per heavy atom. The second kappa shape index (κ2) is 3.84. The highest BCUT2D eigenvalue weighted by atomic mass is 19.1. The van der Waals surface area contributed by atoms with Crippen LogP contribution in [0.5, 0.6) is 0 Å². The van der Waals surface area contributed by atoms with E-state index in [1.165, 1.54) is 12.3 Å². The van der Waals surface area contributed by atoms with E-state index in [-0.39, 0.29) is 6.04 Å². The molecule has 2 N–H and O–H groups in total. The number of hydrogen-bond donors (Lipinski definition) is 1. The molecule has 1 aromatic heterocycles. The van der Waals surface area contributed by atoms with E-state index in [4.69, 9.17) is 5.73 Å². The largest absolute Gasteiger partial charge is 0.318 e. The standard InChI is InChI=1S/C9H9FN2/c1-7(11)2-3-8-4-5-12-6-9(8)10/h4-7H,11H2,1H3. The Kier molecular flexibility index (Phi) is 2.78. The molecule has 2 nitrogen and oxygen atoms in total. The summed E-state index contributed by atoms with van der Waals surface area (Å²) in [5.74, 6) is 4.87. The van der Waals surface area contributed by atoms with E-state index >= 15 is 0 Å². The van der Waals surface area contributed by atoms with Gasteiger partial charge >= 0.3 is 0 Å². The Morgan fingerprint density at radius 3 is 3.00 bits per heavy atom. The molecule has 0 amide bonds. The van der Waals surface area contributed by atoms with Crippen molar-refractivity contribution in [1.82, 2.24) is 4.98 Å². The van der Waals surface area contributed by atoms with Crippen LogP contribution in [-0.4, -0.2) is 11.0 Å². The average molecular weight is 164 g/mol. The molecular formula is C9H9FN2. The first-order chi connectivity index (χ1) is 5.70. The van der Waals surface area contributed by atoms with Gasteiger partial charge in [-0.05, 0) is 13.0 Å². The van der Waals surface area contributed by atoms with Gasteiger partial charge in [0, 0.05) is 6.20 Å². The lowest BCUT2D eigenvalue weighted by atomic mass is 10.2. The zero-order chi connectivity index (χ0) is 8.97. The van der Waals surface area contributed by atoms with Crippen molar-refractivity contribution in [1.29, 1.82) is 0 Å². The molecule has 1 atom stereocenters. The summed E-state index contributed by atoms with van der Waals surface area (Å²) in [4.78, 5) is 3.60. The van der Waals surface area contributed by atoms with Crippen molar-refractivity contribution in [3.05, 3.63) is 29.8 Å². The van der Waals surface area contributed by atoms with E-state index in [0.717, 1.165) is 6.20 Å². The maximum absolute atomic E-state index is 12.8. The van der Waals surface area contributed by atoms with E-state index in [9.17, 15) is 4.39 Å². The van der Waals surface area contributed by atoms with Crippen LogP contribution in [0.2, 0.25) is 0 Å². The molecule has 0 aromatic carbocycles. The summed E-state index contributed by atoms with van der Waals surface area (Å²) in [5.41, 5.74) is 5.71. The smallest absolute Gasteiger partial charge is 0.157 e. The van der Waals surface area contributed by atoms with Crippen molar-refractivity contribution in [2.45, 2.75) is 13.0 Å². The number of nitrogens with two attached hydrogens (primary N) is 1. The fraction of sp³-hybridized carbons (Fsp3) is 0.222. The first kappa shape index (κ1) is 8.69. The molecule has 0 aliphatic carbocycles. The topological polar surface area (TPSA) is 38.9 Å². The SMILES string of the molecule is CC(N)C#Cc1ccncc1F. The van der Waals surface area contributed by atoms with Crippen LogP contribution in [-0.2, 0) is 0 Å². The van der Waals surface area contributed by atoms with Gasteiger partial charge in [-0.2, -0.15) is 0 Å². The molecule has 0 fully saturated rings. The highest BCUT2D eigenvalue weighted by Crippen LogP contribution is 2.01. The maximum Gasteiger partial charge on any atom is 0.157 e. The van der Waals surface area contributed by atoms with Crippen LogP contribution in [0.4, 0.5) is 4.39 Å². The van der Waals surface area contributed by atoms with Crippen LogP contribution in [0.3, 0.4) is 0 Å². The van der Waals surface area contributed by atoms with Gasteiger partial charge in [-0.15, -0.1) is 0 Å². The number of aromatic nitrogens is 1. The van der Waals surface area contributed by atoms with Gasteiger partial charge in [-0.3, -0.25) is 4.98 Å². The quantitative estimate of drug-likeness (QED) is 0.579. The highest BCUT2D eigenvalue weighted by Gasteiger charge is 1.95. The number of nitrogens with zero attached hydrogens (tertiary/aromatic N) is 1. The molecule has 3 heteroatoms. The number of halogens is 1. The second-order valence-corrected chi connectivity index (χ2v) is 2.41. The number of rotatable bonds is 0. The normalized spacial score (nSPS) is 11.6. The fourth-order valence-corrected chi connectivity index (χ4v) is 0.668. The monoisotopic (exact) mass is 164 g/mol. The summed E-state index contributed by atoms with van der Waals surface area (Å²) in [6.45, 7) is 1.74. The summed E-state index contributed by atoms with van der Waals surface area (Å²) in [5, 5.41) is 0. The molecule has 12 heavy (non-hydrogen) atoms. The summed E-state index contributed by atoms with van der Waals surface area (Å²) in [7, 11) is 0. The third-order valence-corrected chi connectivity index (χ3v) is 1.21. The number of pyridine rings is 1. The predicted molar refractivity (Wildman–Crippen MR) is 44.7 cm³/mol. The van der Waals surface area contributed by atoms with Crippen molar-refractivity contribution < 1.29 is 4.39 Å². The van der Waals surface area contributed by atoms with Crippen LogP contribution in [0.25, 0.3) is 0 Å². The zero-order valence-corrected chi connectivity index (χ0v) is 6.71. The Morgan fingerprint density at radius 2 is 2.42 bits per heavy atom. The minimum absolute atomic E-state index is 0.238. The van der Waals surface area contributed by atoms with Crippen LogP contribution < -0.4 is 5.73 Å². The van der Waals surface area contributed by atoms with E-state index < -0.39 is 5.82 Å². The van der Waals surface area contributed by atoms with Crippen LogP contribution >= 0.6 is 0 Å². The van der Waals surface area contributed by atoms with Gasteiger partial charge in [-0.1, -0.05) is 11.8 Å². The van der Waals surface area contributed by atoms with Crippen LogP contribution in [0.1, 0.15) is 12.5 Å². The minimum atomic E-state index is -0.411. The van der Waals surface area contributed by atoms with Crippen LogP contribution in [0.15, 0.2) is 18.5 Å². The molecule has 1 unspecified atom stereocenters. The van der Waals surface area contributed by atoms with Crippen LogP contribution in [0, 0.1) is 17.7 Å². The summed E-state index contributed by atoms with van der Waals surface area (Å²) >= 11 is 0. The van der Waals surface area contributed by atoms with Gasteiger partial charge in [0.25, 0.3) is 0 Å². The molecule has 0 saturated carbocycles.